The van der Waals surface area contributed by atoms with Gasteiger partial charge in [0.25, 0.3) is 0 Å². The van der Waals surface area contributed by atoms with Crippen molar-refractivity contribution >= 4 is 12.0 Å². The van der Waals surface area contributed by atoms with E-state index in [9.17, 15) is 18.0 Å². The van der Waals surface area contributed by atoms with Gasteiger partial charge in [-0.2, -0.15) is 0 Å². The van der Waals surface area contributed by atoms with Crippen molar-refractivity contribution in [3.63, 3.8) is 0 Å². The minimum absolute atomic E-state index is 0.0129. The van der Waals surface area contributed by atoms with Gasteiger partial charge >= 0.3 is 5.97 Å². The summed E-state index contributed by atoms with van der Waals surface area (Å²) in [5.41, 5.74) is 0.814. The Hall–Kier alpha value is -3.81. The van der Waals surface area contributed by atoms with Crippen LogP contribution in [0.2, 0.25) is 0 Å². The Bertz CT molecular complexity index is 1050. The second kappa shape index (κ2) is 8.92. The van der Waals surface area contributed by atoms with Crippen LogP contribution in [0.3, 0.4) is 0 Å². The third-order valence-corrected chi connectivity index (χ3v) is 3.69. The van der Waals surface area contributed by atoms with Crippen LogP contribution in [0.4, 0.5) is 13.2 Å². The van der Waals surface area contributed by atoms with E-state index in [0.717, 1.165) is 24.3 Å². The van der Waals surface area contributed by atoms with Crippen LogP contribution in [0.15, 0.2) is 60.8 Å². The van der Waals surface area contributed by atoms with Gasteiger partial charge in [-0.3, -0.25) is 0 Å². The molecular formula is C21H14F3NO4. The molecule has 8 heteroatoms. The Morgan fingerprint density at radius 1 is 1.00 bits per heavy atom. The van der Waals surface area contributed by atoms with E-state index < -0.39 is 23.4 Å². The average molecular weight is 401 g/mol. The van der Waals surface area contributed by atoms with Crippen molar-refractivity contribution in [1.82, 2.24) is 4.98 Å². The minimum Gasteiger partial charge on any atom is -0.487 e. The molecule has 0 bridgehead atoms. The van der Waals surface area contributed by atoms with Crippen LogP contribution < -0.4 is 9.47 Å². The maximum atomic E-state index is 14.1. The van der Waals surface area contributed by atoms with E-state index in [4.69, 9.17) is 14.6 Å². The van der Waals surface area contributed by atoms with Crippen LogP contribution in [0.25, 0.3) is 6.08 Å². The largest absolute Gasteiger partial charge is 0.487 e. The Labute approximate surface area is 163 Å². The fraction of sp³-hybridized carbons (Fsp3) is 0.0476. The smallest absolute Gasteiger partial charge is 0.328 e. The summed E-state index contributed by atoms with van der Waals surface area (Å²) >= 11 is 0. The molecule has 2 aromatic carbocycles. The van der Waals surface area contributed by atoms with Gasteiger partial charge in [-0.15, -0.1) is 0 Å². The van der Waals surface area contributed by atoms with E-state index in [1.54, 1.807) is 0 Å². The summed E-state index contributed by atoms with van der Waals surface area (Å²) in [5, 5.41) is 8.59. The molecule has 1 heterocycles. The lowest BCUT2D eigenvalue weighted by atomic mass is 10.2. The predicted molar refractivity (Wildman–Crippen MR) is 98.1 cm³/mol. The average Bonchev–Trinajstić information content (AvgIpc) is 2.70. The maximum absolute atomic E-state index is 14.1. The second-order valence-corrected chi connectivity index (χ2v) is 5.83. The number of aliphatic carboxylic acids is 1. The highest BCUT2D eigenvalue weighted by Crippen LogP contribution is 2.25. The number of ether oxygens (including phenoxy) is 2. The van der Waals surface area contributed by atoms with Gasteiger partial charge in [-0.05, 0) is 47.5 Å². The number of pyridine rings is 1. The van der Waals surface area contributed by atoms with Gasteiger partial charge in [-0.25, -0.2) is 22.9 Å². The predicted octanol–water partition coefficient (Wildman–Crippen LogP) is 4.97. The second-order valence-electron chi connectivity index (χ2n) is 5.83. The Kier molecular flexibility index (Phi) is 6.13. The zero-order valence-corrected chi connectivity index (χ0v) is 14.8. The zero-order valence-electron chi connectivity index (χ0n) is 14.8. The normalized spacial score (nSPS) is 10.9. The van der Waals surface area contributed by atoms with Gasteiger partial charge < -0.3 is 14.6 Å². The number of nitrogens with zero attached hydrogens (tertiary/aromatic N) is 1. The summed E-state index contributed by atoms with van der Waals surface area (Å²) < 4.78 is 51.0. The van der Waals surface area contributed by atoms with E-state index in [-0.39, 0.29) is 18.2 Å². The molecule has 29 heavy (non-hydrogen) atoms. The van der Waals surface area contributed by atoms with Crippen molar-refractivity contribution in [3.8, 4) is 17.4 Å². The first-order valence-corrected chi connectivity index (χ1v) is 8.32. The number of rotatable bonds is 7. The monoisotopic (exact) mass is 401 g/mol. The summed E-state index contributed by atoms with van der Waals surface area (Å²) in [7, 11) is 0. The van der Waals surface area contributed by atoms with Crippen LogP contribution in [0, 0.1) is 17.5 Å². The molecule has 148 valence electrons. The molecule has 0 aliphatic carbocycles. The molecule has 0 unspecified atom stereocenters. The van der Waals surface area contributed by atoms with Crippen molar-refractivity contribution in [2.45, 2.75) is 6.61 Å². The fourth-order valence-electron chi connectivity index (χ4n) is 2.29. The molecule has 0 fully saturated rings. The number of hydrogen-bond donors (Lipinski definition) is 1. The van der Waals surface area contributed by atoms with Gasteiger partial charge in [0, 0.05) is 12.1 Å². The van der Waals surface area contributed by atoms with E-state index >= 15 is 0 Å². The van der Waals surface area contributed by atoms with Gasteiger partial charge in [0.1, 0.15) is 12.4 Å². The highest BCUT2D eigenvalue weighted by molar-refractivity contribution is 5.85. The Morgan fingerprint density at radius 2 is 1.83 bits per heavy atom. The highest BCUT2D eigenvalue weighted by Gasteiger charge is 2.08. The van der Waals surface area contributed by atoms with Gasteiger partial charge in [0.15, 0.2) is 23.2 Å². The molecule has 0 saturated heterocycles. The summed E-state index contributed by atoms with van der Waals surface area (Å²) in [4.78, 5) is 14.5. The number of carboxylic acids is 1. The van der Waals surface area contributed by atoms with Crippen molar-refractivity contribution in [1.29, 1.82) is 0 Å². The van der Waals surface area contributed by atoms with Gasteiger partial charge in [0.2, 0.25) is 5.88 Å². The molecule has 1 N–H and O–H groups in total. The highest BCUT2D eigenvalue weighted by atomic mass is 19.2. The SMILES string of the molecule is O=C(O)C=Cc1ccc(Oc2ccc(OCc3ccc(F)c(F)c3)cn2)c(F)c1. The molecule has 3 rings (SSSR count). The molecule has 0 atom stereocenters. The third-order valence-electron chi connectivity index (χ3n) is 3.69. The molecule has 3 aromatic rings. The van der Waals surface area contributed by atoms with Crippen molar-refractivity contribution < 1.29 is 32.5 Å². The minimum atomic E-state index is -1.14. The summed E-state index contributed by atoms with van der Waals surface area (Å²) in [6, 6.07) is 10.4. The molecule has 0 aliphatic heterocycles. The lowest BCUT2D eigenvalue weighted by Gasteiger charge is -2.09. The first-order valence-electron chi connectivity index (χ1n) is 8.32. The molecule has 1 aromatic heterocycles. The number of carbonyl (C=O) groups is 1. The third kappa shape index (κ3) is 5.58. The first kappa shape index (κ1) is 19.9. The van der Waals surface area contributed by atoms with E-state index in [0.29, 0.717) is 16.9 Å². The Morgan fingerprint density at radius 3 is 2.48 bits per heavy atom. The molecule has 0 amide bonds. The van der Waals surface area contributed by atoms with Crippen molar-refractivity contribution in [2.24, 2.45) is 0 Å². The summed E-state index contributed by atoms with van der Waals surface area (Å²) in [5.74, 6) is -3.33. The zero-order chi connectivity index (χ0) is 20.8. The van der Waals surface area contributed by atoms with E-state index in [2.05, 4.69) is 4.98 Å². The Balaban J connectivity index is 1.61. The van der Waals surface area contributed by atoms with Crippen molar-refractivity contribution in [3.05, 3.63) is 89.4 Å². The van der Waals surface area contributed by atoms with Crippen LogP contribution >= 0.6 is 0 Å². The van der Waals surface area contributed by atoms with Gasteiger partial charge in [0.05, 0.1) is 6.20 Å². The number of benzene rings is 2. The number of carboxylic acid groups (broad SMARTS) is 1. The molecule has 0 saturated carbocycles. The van der Waals surface area contributed by atoms with E-state index in [1.807, 2.05) is 0 Å². The molecule has 0 spiro atoms. The summed E-state index contributed by atoms with van der Waals surface area (Å²) in [6.45, 7) is 0.0129. The fourth-order valence-corrected chi connectivity index (χ4v) is 2.29. The number of halogens is 3. The molecule has 0 radical (unpaired) electrons. The van der Waals surface area contributed by atoms with Crippen molar-refractivity contribution in [2.75, 3.05) is 0 Å². The van der Waals surface area contributed by atoms with Gasteiger partial charge in [-0.1, -0.05) is 12.1 Å². The lowest BCUT2D eigenvalue weighted by Crippen LogP contribution is -1.98. The summed E-state index contributed by atoms with van der Waals surface area (Å²) in [6.07, 6.45) is 3.50. The van der Waals surface area contributed by atoms with Crippen LogP contribution in [0.1, 0.15) is 11.1 Å². The number of hydrogen-bond acceptors (Lipinski definition) is 4. The maximum Gasteiger partial charge on any atom is 0.328 e. The van der Waals surface area contributed by atoms with E-state index in [1.165, 1.54) is 42.6 Å². The van der Waals surface area contributed by atoms with Crippen LogP contribution in [0.5, 0.6) is 17.4 Å². The first-order chi connectivity index (χ1) is 13.9. The van der Waals surface area contributed by atoms with Crippen LogP contribution in [-0.2, 0) is 11.4 Å². The standard InChI is InChI=1S/C21H14F3NO4/c22-16-5-1-14(10-17(16)23)12-28-15-4-7-20(25-11-15)29-19-6-2-13(9-18(19)24)3-8-21(26)27/h1-11H,12H2,(H,26,27). The lowest BCUT2D eigenvalue weighted by molar-refractivity contribution is -0.131. The molecule has 5 nitrogen and oxygen atoms in total. The quantitative estimate of drug-likeness (QED) is 0.567. The van der Waals surface area contributed by atoms with Crippen LogP contribution in [-0.4, -0.2) is 16.1 Å². The number of aromatic nitrogens is 1. The topological polar surface area (TPSA) is 68.7 Å². The molecular weight excluding hydrogens is 387 g/mol. The molecule has 0 aliphatic rings.